The number of aryl methyl sites for hydroxylation is 1. The summed E-state index contributed by atoms with van der Waals surface area (Å²) in [5.74, 6) is 1.91. The largest absolute Gasteiger partial charge is 0.508 e. The minimum atomic E-state index is -0.708. The molecule has 0 aromatic heterocycles. The Morgan fingerprint density at radius 2 is 1.84 bits per heavy atom. The number of aromatic hydroxyl groups is 1. The molecule has 3 aliphatic rings. The fourth-order valence-corrected chi connectivity index (χ4v) is 7.59. The van der Waals surface area contributed by atoms with E-state index in [0.29, 0.717) is 29.9 Å². The molecule has 3 aliphatic carbocycles. The first-order chi connectivity index (χ1) is 18.0. The quantitative estimate of drug-likeness (QED) is 0.462. The first-order valence-electron chi connectivity index (χ1n) is 14.2. The summed E-state index contributed by atoms with van der Waals surface area (Å²) in [6.45, 7) is 7.83. The maximum Gasteiger partial charge on any atom is 0.408 e. The standard InChI is InChI=1S/C32H42N2O4/c1-31(2,3)38-30(37)33-27(18-20-8-6-5-7-9-20)29(36)34-28-15-14-26-25-12-10-21-19-22(35)11-13-23(21)24(25)16-17-32(26,28)4/h5-9,11,13,19,24-28,35H,10,12,14-18H2,1-4H3,(H,33,37)(H,34,36)/t24-,25-,26+,27+,28+,32+/m1/s1. The van der Waals surface area contributed by atoms with E-state index in [1.807, 2.05) is 63.2 Å². The van der Waals surface area contributed by atoms with Gasteiger partial charge in [0.2, 0.25) is 5.91 Å². The summed E-state index contributed by atoms with van der Waals surface area (Å²) >= 11 is 0. The van der Waals surface area contributed by atoms with Gasteiger partial charge in [0.15, 0.2) is 0 Å². The molecule has 2 aromatic carbocycles. The molecule has 0 aliphatic heterocycles. The van der Waals surface area contributed by atoms with Gasteiger partial charge in [-0.05, 0) is 111 Å². The molecule has 0 saturated heterocycles. The molecule has 2 fully saturated rings. The highest BCUT2D eigenvalue weighted by molar-refractivity contribution is 5.86. The Bertz CT molecular complexity index is 1170. The number of alkyl carbamates (subject to hydrolysis) is 1. The Kier molecular flexibility index (Phi) is 7.19. The van der Waals surface area contributed by atoms with Crippen LogP contribution in [0.4, 0.5) is 4.79 Å². The van der Waals surface area contributed by atoms with Gasteiger partial charge in [-0.25, -0.2) is 4.79 Å². The van der Waals surface area contributed by atoms with Crippen LogP contribution in [0.1, 0.15) is 82.4 Å². The number of carbonyl (C=O) groups is 2. The molecule has 38 heavy (non-hydrogen) atoms. The van der Waals surface area contributed by atoms with E-state index in [0.717, 1.165) is 44.1 Å². The van der Waals surface area contributed by atoms with Crippen LogP contribution in [0.3, 0.4) is 0 Å². The highest BCUT2D eigenvalue weighted by atomic mass is 16.6. The number of hydrogen-bond donors (Lipinski definition) is 3. The predicted molar refractivity (Wildman–Crippen MR) is 148 cm³/mol. The summed E-state index contributed by atoms with van der Waals surface area (Å²) in [5, 5.41) is 16.2. The summed E-state index contributed by atoms with van der Waals surface area (Å²) in [4.78, 5) is 26.3. The molecule has 204 valence electrons. The second-order valence-electron chi connectivity index (χ2n) is 12.9. The zero-order valence-corrected chi connectivity index (χ0v) is 23.1. The molecule has 0 radical (unpaired) electrons. The van der Waals surface area contributed by atoms with Gasteiger partial charge >= 0.3 is 6.09 Å². The number of nitrogens with one attached hydrogen (secondary N) is 2. The minimum absolute atomic E-state index is 0.0362. The van der Waals surface area contributed by atoms with E-state index < -0.39 is 17.7 Å². The zero-order valence-electron chi connectivity index (χ0n) is 23.1. The van der Waals surface area contributed by atoms with Crippen molar-refractivity contribution in [2.75, 3.05) is 0 Å². The van der Waals surface area contributed by atoms with E-state index in [4.69, 9.17) is 4.74 Å². The summed E-state index contributed by atoms with van der Waals surface area (Å²) in [6, 6.07) is 15.1. The van der Waals surface area contributed by atoms with E-state index in [1.54, 1.807) is 0 Å². The Balaban J connectivity index is 1.30. The van der Waals surface area contributed by atoms with Crippen LogP contribution in [0.25, 0.3) is 0 Å². The van der Waals surface area contributed by atoms with Crippen LogP contribution in [0, 0.1) is 17.3 Å². The van der Waals surface area contributed by atoms with Crippen molar-refractivity contribution >= 4 is 12.0 Å². The average molecular weight is 519 g/mol. The number of carbonyl (C=O) groups excluding carboxylic acids is 2. The number of rotatable bonds is 5. The number of ether oxygens (including phenoxy) is 1. The fraction of sp³-hybridized carbons (Fsp3) is 0.562. The molecule has 2 aromatic rings. The molecule has 3 N–H and O–H groups in total. The highest BCUT2D eigenvalue weighted by Gasteiger charge is 2.55. The van der Waals surface area contributed by atoms with Gasteiger partial charge in [-0.3, -0.25) is 4.79 Å². The van der Waals surface area contributed by atoms with Crippen molar-refractivity contribution in [1.82, 2.24) is 10.6 Å². The highest BCUT2D eigenvalue weighted by Crippen LogP contribution is 2.61. The molecular formula is C32H42N2O4. The molecule has 6 nitrogen and oxygen atoms in total. The number of fused-ring (bicyclic) bond motifs is 5. The molecule has 6 atom stereocenters. The third-order valence-electron chi connectivity index (χ3n) is 9.32. The fourth-order valence-electron chi connectivity index (χ4n) is 7.59. The van der Waals surface area contributed by atoms with E-state index in [1.165, 1.54) is 11.1 Å². The summed E-state index contributed by atoms with van der Waals surface area (Å²) in [5.41, 5.74) is 3.11. The van der Waals surface area contributed by atoms with Crippen LogP contribution >= 0.6 is 0 Å². The number of hydrogen-bond acceptors (Lipinski definition) is 4. The SMILES string of the molecule is CC(C)(C)OC(=O)N[C@@H](Cc1ccccc1)C(=O)N[C@H]1CC[C@H]2[C@@H]3CCc4cc(O)ccc4[C@H]3CC[C@]12C. The van der Waals surface area contributed by atoms with Crippen LogP contribution in [0.15, 0.2) is 48.5 Å². The van der Waals surface area contributed by atoms with Gasteiger partial charge in [0.25, 0.3) is 0 Å². The van der Waals surface area contributed by atoms with Gasteiger partial charge in [-0.1, -0.05) is 43.3 Å². The number of benzene rings is 2. The van der Waals surface area contributed by atoms with Crippen LogP contribution in [0.5, 0.6) is 5.75 Å². The zero-order chi connectivity index (χ0) is 27.1. The van der Waals surface area contributed by atoms with Gasteiger partial charge in [0, 0.05) is 12.5 Å². The van der Waals surface area contributed by atoms with Gasteiger partial charge < -0.3 is 20.5 Å². The van der Waals surface area contributed by atoms with Crippen molar-refractivity contribution < 1.29 is 19.4 Å². The Morgan fingerprint density at radius 3 is 2.58 bits per heavy atom. The molecule has 5 rings (SSSR count). The lowest BCUT2D eigenvalue weighted by Gasteiger charge is -2.51. The molecule has 0 unspecified atom stereocenters. The number of phenolic OH excluding ortho intramolecular Hbond substituents is 1. The van der Waals surface area contributed by atoms with Gasteiger partial charge in [-0.15, -0.1) is 0 Å². The normalized spacial score (nSPS) is 28.8. The summed E-state index contributed by atoms with van der Waals surface area (Å²) in [7, 11) is 0. The average Bonchev–Trinajstić information content (AvgIpc) is 3.18. The van der Waals surface area contributed by atoms with Crippen LogP contribution in [-0.2, 0) is 22.4 Å². The molecule has 2 amide bonds. The molecular weight excluding hydrogens is 476 g/mol. The third-order valence-corrected chi connectivity index (χ3v) is 9.32. The van der Waals surface area contributed by atoms with Crippen molar-refractivity contribution in [3.63, 3.8) is 0 Å². The van der Waals surface area contributed by atoms with Crippen molar-refractivity contribution in [3.05, 3.63) is 65.2 Å². The first kappa shape index (κ1) is 26.6. The first-order valence-corrected chi connectivity index (χ1v) is 14.2. The Hall–Kier alpha value is -3.02. The number of phenols is 1. The molecule has 2 saturated carbocycles. The molecule has 6 heteroatoms. The second kappa shape index (κ2) is 10.3. The Morgan fingerprint density at radius 1 is 1.08 bits per heavy atom. The number of amides is 2. The third kappa shape index (κ3) is 5.41. The van der Waals surface area contributed by atoms with Gasteiger partial charge in [0.1, 0.15) is 17.4 Å². The van der Waals surface area contributed by atoms with Gasteiger partial charge in [0.05, 0.1) is 0 Å². The molecule has 0 spiro atoms. The summed E-state index contributed by atoms with van der Waals surface area (Å²) in [6.07, 6.45) is 6.22. The van der Waals surface area contributed by atoms with Crippen LogP contribution in [-0.4, -0.2) is 34.8 Å². The van der Waals surface area contributed by atoms with Crippen molar-refractivity contribution in [3.8, 4) is 5.75 Å². The maximum absolute atomic E-state index is 13.7. The lowest BCUT2D eigenvalue weighted by molar-refractivity contribution is -0.125. The predicted octanol–water partition coefficient (Wildman–Crippen LogP) is 5.87. The smallest absolute Gasteiger partial charge is 0.408 e. The van der Waals surface area contributed by atoms with E-state index in [9.17, 15) is 14.7 Å². The van der Waals surface area contributed by atoms with Crippen LogP contribution < -0.4 is 10.6 Å². The minimum Gasteiger partial charge on any atom is -0.508 e. The molecule has 0 bridgehead atoms. The Labute approximate surface area is 226 Å². The lowest BCUT2D eigenvalue weighted by Crippen LogP contribution is -2.55. The van der Waals surface area contributed by atoms with Crippen molar-refractivity contribution in [2.24, 2.45) is 17.3 Å². The van der Waals surface area contributed by atoms with E-state index >= 15 is 0 Å². The van der Waals surface area contributed by atoms with Crippen molar-refractivity contribution in [1.29, 1.82) is 0 Å². The second-order valence-corrected chi connectivity index (χ2v) is 12.9. The van der Waals surface area contributed by atoms with Gasteiger partial charge in [-0.2, -0.15) is 0 Å². The molecule has 0 heterocycles. The summed E-state index contributed by atoms with van der Waals surface area (Å²) < 4.78 is 5.48. The maximum atomic E-state index is 13.7. The van der Waals surface area contributed by atoms with Crippen molar-refractivity contribution in [2.45, 2.75) is 96.2 Å². The van der Waals surface area contributed by atoms with E-state index in [2.05, 4.69) is 23.6 Å². The lowest BCUT2D eigenvalue weighted by atomic mass is 9.55. The monoisotopic (exact) mass is 518 g/mol. The van der Waals surface area contributed by atoms with Crippen LogP contribution in [0.2, 0.25) is 0 Å². The topological polar surface area (TPSA) is 87.7 Å². The van der Waals surface area contributed by atoms with E-state index in [-0.39, 0.29) is 17.4 Å².